The third-order valence-corrected chi connectivity index (χ3v) is 6.14. The van der Waals surface area contributed by atoms with Crippen molar-refractivity contribution in [1.82, 2.24) is 9.55 Å². The Labute approximate surface area is 204 Å². The fourth-order valence-electron chi connectivity index (χ4n) is 4.29. The zero-order valence-electron chi connectivity index (χ0n) is 21.0. The van der Waals surface area contributed by atoms with Gasteiger partial charge in [-0.15, -0.1) is 0 Å². The fourth-order valence-corrected chi connectivity index (χ4v) is 4.29. The molecule has 0 aliphatic carbocycles. The summed E-state index contributed by atoms with van der Waals surface area (Å²) in [6.45, 7) is 8.64. The van der Waals surface area contributed by atoms with Crippen LogP contribution in [-0.4, -0.2) is 48.2 Å². The number of nitrogens with zero attached hydrogens (tertiary/aromatic N) is 3. The summed E-state index contributed by atoms with van der Waals surface area (Å²) in [7, 11) is 1.48. The van der Waals surface area contributed by atoms with Crippen LogP contribution in [0.2, 0.25) is 0 Å². The predicted octanol–water partition coefficient (Wildman–Crippen LogP) is 1.93. The summed E-state index contributed by atoms with van der Waals surface area (Å²) in [5.74, 6) is -0.952. The SMILES string of the molecule is COCCN(C(=O)C1CC(=O)N(c2cccc(C(C)C)c2)C1)c1c(N)n(CC(C)C)c(=O)[nH]c1=O. The maximum absolute atomic E-state index is 13.7. The molecule has 10 heteroatoms. The largest absolute Gasteiger partial charge is 0.383 e. The van der Waals surface area contributed by atoms with Crippen LogP contribution in [0.15, 0.2) is 33.9 Å². The first-order chi connectivity index (χ1) is 16.5. The molecule has 35 heavy (non-hydrogen) atoms. The standard InChI is InChI=1S/C25H35N5O5/c1-15(2)13-30-22(26)21(23(32)27-25(30)34)28(9-10-35-5)24(33)18-12-20(31)29(14-18)19-8-6-7-17(11-19)16(3)4/h6-8,11,15-16,18H,9-10,12-14,26H2,1-5H3,(H,27,32,34). The molecular weight excluding hydrogens is 450 g/mol. The minimum atomic E-state index is -0.747. The first-order valence-electron chi connectivity index (χ1n) is 11.9. The van der Waals surface area contributed by atoms with Crippen LogP contribution in [0.4, 0.5) is 17.2 Å². The lowest BCUT2D eigenvalue weighted by Gasteiger charge is -2.27. The van der Waals surface area contributed by atoms with Gasteiger partial charge in [0.1, 0.15) is 5.82 Å². The number of nitrogen functional groups attached to an aromatic ring is 1. The summed E-state index contributed by atoms with van der Waals surface area (Å²) >= 11 is 0. The van der Waals surface area contributed by atoms with Crippen molar-refractivity contribution in [2.45, 2.75) is 46.6 Å². The summed E-state index contributed by atoms with van der Waals surface area (Å²) in [6, 6.07) is 7.72. The van der Waals surface area contributed by atoms with Crippen LogP contribution in [0.25, 0.3) is 0 Å². The number of H-pyrrole nitrogens is 1. The van der Waals surface area contributed by atoms with Crippen molar-refractivity contribution in [3.05, 3.63) is 50.7 Å². The maximum atomic E-state index is 13.7. The van der Waals surface area contributed by atoms with Crippen molar-refractivity contribution in [2.24, 2.45) is 11.8 Å². The summed E-state index contributed by atoms with van der Waals surface area (Å²) in [5, 5.41) is 0. The van der Waals surface area contributed by atoms with Gasteiger partial charge in [0.05, 0.1) is 12.5 Å². The molecule has 0 spiro atoms. The molecule has 0 saturated carbocycles. The van der Waals surface area contributed by atoms with Crippen molar-refractivity contribution >= 4 is 29.0 Å². The van der Waals surface area contributed by atoms with Crippen LogP contribution in [0.3, 0.4) is 0 Å². The summed E-state index contributed by atoms with van der Waals surface area (Å²) in [5.41, 5.74) is 6.63. The van der Waals surface area contributed by atoms with E-state index in [0.29, 0.717) is 5.92 Å². The van der Waals surface area contributed by atoms with Crippen LogP contribution in [0.5, 0.6) is 0 Å². The number of ether oxygens (including phenoxy) is 1. The third-order valence-electron chi connectivity index (χ3n) is 6.14. The number of aromatic amines is 1. The summed E-state index contributed by atoms with van der Waals surface area (Å²) in [6.07, 6.45) is 0.0116. The number of anilines is 3. The van der Waals surface area contributed by atoms with Crippen LogP contribution in [0, 0.1) is 11.8 Å². The third kappa shape index (κ3) is 5.64. The fraction of sp³-hybridized carbons (Fsp3) is 0.520. The highest BCUT2D eigenvalue weighted by Crippen LogP contribution is 2.30. The molecule has 1 aromatic carbocycles. The monoisotopic (exact) mass is 485 g/mol. The highest BCUT2D eigenvalue weighted by atomic mass is 16.5. The van der Waals surface area contributed by atoms with Gasteiger partial charge in [0.2, 0.25) is 11.8 Å². The molecule has 1 aliphatic rings. The van der Waals surface area contributed by atoms with Gasteiger partial charge in [-0.25, -0.2) is 4.79 Å². The normalized spacial score (nSPS) is 15.9. The molecule has 2 heterocycles. The Kier molecular flexibility index (Phi) is 8.16. The molecule has 1 saturated heterocycles. The van der Waals surface area contributed by atoms with Crippen LogP contribution < -0.4 is 26.8 Å². The average molecular weight is 486 g/mol. The van der Waals surface area contributed by atoms with E-state index in [1.807, 2.05) is 38.1 Å². The Morgan fingerprint density at radius 2 is 1.94 bits per heavy atom. The highest BCUT2D eigenvalue weighted by Gasteiger charge is 2.39. The number of benzene rings is 1. The minimum Gasteiger partial charge on any atom is -0.383 e. The second-order valence-electron chi connectivity index (χ2n) is 9.64. The average Bonchev–Trinajstić information content (AvgIpc) is 3.19. The Bertz CT molecular complexity index is 1200. The summed E-state index contributed by atoms with van der Waals surface area (Å²) in [4.78, 5) is 56.9. The molecule has 1 atom stereocenters. The van der Waals surface area contributed by atoms with Gasteiger partial charge in [-0.05, 0) is 29.5 Å². The highest BCUT2D eigenvalue weighted by molar-refractivity contribution is 6.05. The number of rotatable bonds is 9. The Morgan fingerprint density at radius 3 is 2.57 bits per heavy atom. The molecule has 0 radical (unpaired) electrons. The Balaban J connectivity index is 1.96. The topological polar surface area (TPSA) is 131 Å². The lowest BCUT2D eigenvalue weighted by atomic mass is 10.0. The molecule has 1 aromatic heterocycles. The van der Waals surface area contributed by atoms with Gasteiger partial charge in [0, 0.05) is 38.9 Å². The van der Waals surface area contributed by atoms with Crippen molar-refractivity contribution in [2.75, 3.05) is 42.3 Å². The zero-order valence-corrected chi connectivity index (χ0v) is 21.0. The quantitative estimate of drug-likeness (QED) is 0.558. The van der Waals surface area contributed by atoms with E-state index in [2.05, 4.69) is 18.8 Å². The van der Waals surface area contributed by atoms with E-state index in [9.17, 15) is 19.2 Å². The van der Waals surface area contributed by atoms with Gasteiger partial charge < -0.3 is 20.3 Å². The molecule has 10 nitrogen and oxygen atoms in total. The molecule has 1 unspecified atom stereocenters. The molecule has 1 aliphatic heterocycles. The van der Waals surface area contributed by atoms with Crippen LogP contribution in [0.1, 0.15) is 45.6 Å². The molecular formula is C25H35N5O5. The first kappa shape index (κ1) is 26.2. The molecule has 0 bridgehead atoms. The van der Waals surface area contributed by atoms with Gasteiger partial charge in [0.25, 0.3) is 5.56 Å². The second kappa shape index (κ2) is 10.9. The molecule has 2 amide bonds. The minimum absolute atomic E-state index is 0.0116. The van der Waals surface area contributed by atoms with Gasteiger partial charge in [-0.3, -0.25) is 23.9 Å². The number of aromatic nitrogens is 2. The van der Waals surface area contributed by atoms with E-state index in [1.165, 1.54) is 16.6 Å². The van der Waals surface area contributed by atoms with E-state index in [1.54, 1.807) is 4.90 Å². The number of nitrogens with two attached hydrogens (primary N) is 1. The number of nitrogens with one attached hydrogen (secondary N) is 1. The van der Waals surface area contributed by atoms with E-state index in [0.717, 1.165) is 11.3 Å². The van der Waals surface area contributed by atoms with Crippen molar-refractivity contribution < 1.29 is 14.3 Å². The van der Waals surface area contributed by atoms with Crippen molar-refractivity contribution in [3.8, 4) is 0 Å². The van der Waals surface area contributed by atoms with Gasteiger partial charge in [0.15, 0.2) is 5.69 Å². The number of carbonyl (C=O) groups is 2. The number of methoxy groups -OCH3 is 1. The van der Waals surface area contributed by atoms with Crippen LogP contribution >= 0.6 is 0 Å². The Hall–Kier alpha value is -3.40. The van der Waals surface area contributed by atoms with Crippen LogP contribution in [-0.2, 0) is 20.9 Å². The first-order valence-corrected chi connectivity index (χ1v) is 11.9. The van der Waals surface area contributed by atoms with Gasteiger partial charge in [-0.2, -0.15) is 0 Å². The van der Waals surface area contributed by atoms with E-state index >= 15 is 0 Å². The molecule has 2 aromatic rings. The lowest BCUT2D eigenvalue weighted by molar-refractivity contribution is -0.124. The van der Waals surface area contributed by atoms with E-state index in [-0.39, 0.29) is 56.0 Å². The second-order valence-corrected chi connectivity index (χ2v) is 9.64. The van der Waals surface area contributed by atoms with Gasteiger partial charge >= 0.3 is 5.69 Å². The van der Waals surface area contributed by atoms with E-state index in [4.69, 9.17) is 10.5 Å². The molecule has 1 fully saturated rings. The molecule has 190 valence electrons. The number of amides is 2. The smallest absolute Gasteiger partial charge is 0.330 e. The van der Waals surface area contributed by atoms with Gasteiger partial charge in [-0.1, -0.05) is 39.8 Å². The Morgan fingerprint density at radius 1 is 1.23 bits per heavy atom. The summed E-state index contributed by atoms with van der Waals surface area (Å²) < 4.78 is 6.42. The van der Waals surface area contributed by atoms with Crippen molar-refractivity contribution in [1.29, 1.82) is 0 Å². The lowest BCUT2D eigenvalue weighted by Crippen LogP contribution is -2.45. The number of hydrogen-bond donors (Lipinski definition) is 2. The molecule has 3 rings (SSSR count). The maximum Gasteiger partial charge on any atom is 0.330 e. The number of carbonyl (C=O) groups excluding carboxylic acids is 2. The van der Waals surface area contributed by atoms with Crippen molar-refractivity contribution in [3.63, 3.8) is 0 Å². The van der Waals surface area contributed by atoms with E-state index < -0.39 is 23.1 Å². The molecule has 3 N–H and O–H groups in total. The zero-order chi connectivity index (χ0) is 25.9. The predicted molar refractivity (Wildman–Crippen MR) is 136 cm³/mol. The number of hydrogen-bond acceptors (Lipinski definition) is 6.